The molecule has 0 aromatic heterocycles. The Morgan fingerprint density at radius 3 is 2.46 bits per heavy atom. The first-order valence-corrected chi connectivity index (χ1v) is 9.77. The third-order valence-corrected chi connectivity index (χ3v) is 5.60. The number of aryl methyl sites for hydroxylation is 2. The Kier molecular flexibility index (Phi) is 5.84. The molecule has 2 aromatic rings. The number of nitrogens with zero attached hydrogens (tertiary/aromatic N) is 2. The lowest BCUT2D eigenvalue weighted by molar-refractivity contribution is -0.124. The molecule has 2 atom stereocenters. The highest BCUT2D eigenvalue weighted by Crippen LogP contribution is 2.32. The van der Waals surface area contributed by atoms with E-state index in [0.717, 1.165) is 28.9 Å². The zero-order valence-electron chi connectivity index (χ0n) is 17.3. The molecule has 0 spiro atoms. The summed E-state index contributed by atoms with van der Waals surface area (Å²) in [6.45, 7) is 8.04. The van der Waals surface area contributed by atoms with Gasteiger partial charge in [-0.15, -0.1) is 0 Å². The van der Waals surface area contributed by atoms with Gasteiger partial charge < -0.3 is 10.2 Å². The Bertz CT molecular complexity index is 873. The smallest absolute Gasteiger partial charge is 0.244 e. The van der Waals surface area contributed by atoms with Crippen LogP contribution in [0.4, 0.5) is 11.4 Å². The maximum Gasteiger partial charge on any atom is 0.244 e. The molecular weight excluding hydrogens is 350 g/mol. The molecule has 1 heterocycles. The van der Waals surface area contributed by atoms with E-state index in [2.05, 4.69) is 18.3 Å². The molecule has 0 fully saturated rings. The van der Waals surface area contributed by atoms with Gasteiger partial charge in [-0.05, 0) is 63.9 Å². The van der Waals surface area contributed by atoms with Gasteiger partial charge >= 0.3 is 0 Å². The third kappa shape index (κ3) is 3.94. The molecule has 0 aliphatic carbocycles. The molecule has 1 N–H and O–H groups in total. The molecule has 1 aliphatic heterocycles. The maximum absolute atomic E-state index is 13.2. The van der Waals surface area contributed by atoms with Gasteiger partial charge in [-0.1, -0.05) is 36.4 Å². The number of carbonyl (C=O) groups is 2. The van der Waals surface area contributed by atoms with Crippen molar-refractivity contribution >= 4 is 23.2 Å². The summed E-state index contributed by atoms with van der Waals surface area (Å²) in [5.74, 6) is -0.0887. The summed E-state index contributed by atoms with van der Waals surface area (Å²) in [5, 5.41) is 2.99. The first kappa shape index (κ1) is 20.1. The van der Waals surface area contributed by atoms with Crippen LogP contribution in [-0.4, -0.2) is 42.4 Å². The number of nitrogens with one attached hydrogen (secondary N) is 1. The number of fused-ring (bicyclic) bond motifs is 1. The lowest BCUT2D eigenvalue weighted by atomic mass is 10.1. The Balaban J connectivity index is 1.66. The summed E-state index contributed by atoms with van der Waals surface area (Å²) in [7, 11) is 1.82. The second kappa shape index (κ2) is 8.15. The highest BCUT2D eigenvalue weighted by atomic mass is 16.2. The minimum absolute atomic E-state index is 0.0276. The molecule has 2 unspecified atom stereocenters. The predicted octanol–water partition coefficient (Wildman–Crippen LogP) is 3.54. The van der Waals surface area contributed by atoms with Crippen molar-refractivity contribution in [3.05, 3.63) is 59.2 Å². The monoisotopic (exact) mass is 379 g/mol. The van der Waals surface area contributed by atoms with Crippen LogP contribution in [0.1, 0.15) is 30.5 Å². The fourth-order valence-electron chi connectivity index (χ4n) is 3.85. The number of para-hydroxylation sites is 2. The maximum atomic E-state index is 13.2. The highest BCUT2D eigenvalue weighted by molar-refractivity contribution is 6.00. The van der Waals surface area contributed by atoms with Crippen LogP contribution in [0, 0.1) is 13.8 Å². The van der Waals surface area contributed by atoms with E-state index in [1.807, 2.05) is 69.1 Å². The van der Waals surface area contributed by atoms with Gasteiger partial charge in [0.05, 0.1) is 12.6 Å². The van der Waals surface area contributed by atoms with E-state index >= 15 is 0 Å². The average Bonchev–Trinajstić information content (AvgIpc) is 2.99. The minimum Gasteiger partial charge on any atom is -0.324 e. The van der Waals surface area contributed by atoms with Gasteiger partial charge in [0.25, 0.3) is 0 Å². The molecule has 0 saturated heterocycles. The number of benzene rings is 2. The summed E-state index contributed by atoms with van der Waals surface area (Å²) < 4.78 is 0. The predicted molar refractivity (Wildman–Crippen MR) is 114 cm³/mol. The Hall–Kier alpha value is -2.66. The molecule has 5 heteroatoms. The standard InChI is InChI=1S/C23H29N3O2/c1-15-9-8-10-16(2)22(15)24-21(27)14-25(5)18(4)23(28)26-17(3)13-19-11-6-7-12-20(19)26/h6-12,17-18H,13-14H2,1-5H3,(H,24,27). The summed E-state index contributed by atoms with van der Waals surface area (Å²) in [5.41, 5.74) is 5.10. The molecule has 1 aliphatic rings. The molecule has 148 valence electrons. The van der Waals surface area contributed by atoms with Gasteiger partial charge in [0, 0.05) is 17.4 Å². The van der Waals surface area contributed by atoms with Gasteiger partial charge in [0.2, 0.25) is 11.8 Å². The van der Waals surface area contributed by atoms with E-state index in [-0.39, 0.29) is 24.4 Å². The molecular formula is C23H29N3O2. The molecule has 0 bridgehead atoms. The van der Waals surface area contributed by atoms with Crippen molar-refractivity contribution in [3.8, 4) is 0 Å². The van der Waals surface area contributed by atoms with E-state index in [4.69, 9.17) is 0 Å². The number of hydrogen-bond donors (Lipinski definition) is 1. The second-order valence-corrected chi connectivity index (χ2v) is 7.80. The van der Waals surface area contributed by atoms with Crippen LogP contribution in [0.2, 0.25) is 0 Å². The van der Waals surface area contributed by atoms with E-state index in [0.29, 0.717) is 0 Å². The summed E-state index contributed by atoms with van der Waals surface area (Å²) in [6, 6.07) is 13.7. The quantitative estimate of drug-likeness (QED) is 0.865. The number of likely N-dealkylation sites (N-methyl/N-ethyl adjacent to an activating group) is 1. The Morgan fingerprint density at radius 2 is 1.79 bits per heavy atom. The molecule has 5 nitrogen and oxygen atoms in total. The molecule has 28 heavy (non-hydrogen) atoms. The van der Waals surface area contributed by atoms with Crippen LogP contribution in [0.15, 0.2) is 42.5 Å². The Morgan fingerprint density at radius 1 is 1.14 bits per heavy atom. The zero-order valence-corrected chi connectivity index (χ0v) is 17.3. The molecule has 3 rings (SSSR count). The van der Waals surface area contributed by atoms with Crippen LogP contribution in [-0.2, 0) is 16.0 Å². The fourth-order valence-corrected chi connectivity index (χ4v) is 3.85. The van der Waals surface area contributed by atoms with E-state index in [1.54, 1.807) is 4.90 Å². The molecule has 0 radical (unpaired) electrons. The number of anilines is 2. The number of carbonyl (C=O) groups excluding carboxylic acids is 2. The summed E-state index contributed by atoms with van der Waals surface area (Å²) >= 11 is 0. The largest absolute Gasteiger partial charge is 0.324 e. The SMILES string of the molecule is Cc1cccc(C)c1NC(=O)CN(C)C(C)C(=O)N1c2ccccc2CC1C. The highest BCUT2D eigenvalue weighted by Gasteiger charge is 2.34. The van der Waals surface area contributed by atoms with Crippen LogP contribution < -0.4 is 10.2 Å². The number of rotatable bonds is 5. The van der Waals surface area contributed by atoms with Crippen molar-refractivity contribution in [2.24, 2.45) is 0 Å². The topological polar surface area (TPSA) is 52.7 Å². The van der Waals surface area contributed by atoms with Crippen molar-refractivity contribution in [3.63, 3.8) is 0 Å². The van der Waals surface area contributed by atoms with E-state index in [9.17, 15) is 9.59 Å². The molecule has 2 aromatic carbocycles. The lowest BCUT2D eigenvalue weighted by Crippen LogP contribution is -2.49. The van der Waals surface area contributed by atoms with Crippen molar-refractivity contribution in [1.29, 1.82) is 0 Å². The number of amides is 2. The van der Waals surface area contributed by atoms with Crippen molar-refractivity contribution in [2.75, 3.05) is 23.8 Å². The normalized spacial score (nSPS) is 16.8. The van der Waals surface area contributed by atoms with Crippen LogP contribution in [0.25, 0.3) is 0 Å². The van der Waals surface area contributed by atoms with Crippen molar-refractivity contribution < 1.29 is 9.59 Å². The fraction of sp³-hybridized carbons (Fsp3) is 0.391. The van der Waals surface area contributed by atoms with Gasteiger partial charge in [0.15, 0.2) is 0 Å². The van der Waals surface area contributed by atoms with Crippen LogP contribution in [0.5, 0.6) is 0 Å². The van der Waals surface area contributed by atoms with Gasteiger partial charge in [-0.2, -0.15) is 0 Å². The first-order chi connectivity index (χ1) is 13.3. The third-order valence-electron chi connectivity index (χ3n) is 5.60. The van der Waals surface area contributed by atoms with Crippen molar-refractivity contribution in [2.45, 2.75) is 46.2 Å². The van der Waals surface area contributed by atoms with Gasteiger partial charge in [-0.25, -0.2) is 0 Å². The molecule has 2 amide bonds. The van der Waals surface area contributed by atoms with Gasteiger partial charge in [0.1, 0.15) is 0 Å². The van der Waals surface area contributed by atoms with Crippen LogP contribution in [0.3, 0.4) is 0 Å². The number of hydrogen-bond acceptors (Lipinski definition) is 3. The summed E-state index contributed by atoms with van der Waals surface area (Å²) in [6.07, 6.45) is 0.866. The lowest BCUT2D eigenvalue weighted by Gasteiger charge is -2.30. The average molecular weight is 380 g/mol. The molecule has 0 saturated carbocycles. The minimum atomic E-state index is -0.391. The first-order valence-electron chi connectivity index (χ1n) is 9.77. The van der Waals surface area contributed by atoms with E-state index < -0.39 is 6.04 Å². The summed E-state index contributed by atoms with van der Waals surface area (Å²) in [4.78, 5) is 29.4. The Labute approximate surface area is 167 Å². The van der Waals surface area contributed by atoms with E-state index in [1.165, 1.54) is 5.56 Å². The zero-order chi connectivity index (χ0) is 20.4. The van der Waals surface area contributed by atoms with Crippen molar-refractivity contribution in [1.82, 2.24) is 4.90 Å². The van der Waals surface area contributed by atoms with Crippen LogP contribution >= 0.6 is 0 Å². The second-order valence-electron chi connectivity index (χ2n) is 7.80. The van der Waals surface area contributed by atoms with Gasteiger partial charge in [-0.3, -0.25) is 14.5 Å².